The Labute approximate surface area is 121 Å². The molecule has 0 amide bonds. The molecule has 108 valence electrons. The van der Waals surface area contributed by atoms with Gasteiger partial charge in [-0.1, -0.05) is 6.07 Å². The summed E-state index contributed by atoms with van der Waals surface area (Å²) in [5.41, 5.74) is 1.65. The lowest BCUT2D eigenvalue weighted by atomic mass is 10.1. The predicted octanol–water partition coefficient (Wildman–Crippen LogP) is 3.08. The Balaban J connectivity index is 2.23. The maximum atomic E-state index is 11.6. The van der Waals surface area contributed by atoms with Crippen molar-refractivity contribution in [3.63, 3.8) is 0 Å². The second-order valence-corrected chi connectivity index (χ2v) is 4.55. The van der Waals surface area contributed by atoms with Crippen molar-refractivity contribution in [2.24, 2.45) is 0 Å². The van der Waals surface area contributed by atoms with Gasteiger partial charge in [0.05, 0.1) is 16.2 Å². The van der Waals surface area contributed by atoms with Crippen molar-refractivity contribution in [2.75, 3.05) is 0 Å². The van der Waals surface area contributed by atoms with Gasteiger partial charge in [-0.25, -0.2) is 0 Å². The van der Waals surface area contributed by atoms with E-state index in [0.29, 0.717) is 5.75 Å². The minimum atomic E-state index is -0.543. The molecule has 0 atom stereocenters. The van der Waals surface area contributed by atoms with E-state index in [-0.39, 0.29) is 23.6 Å². The maximum Gasteiger partial charge on any atom is 0.270 e. The van der Waals surface area contributed by atoms with Crippen molar-refractivity contribution in [1.82, 2.24) is 4.98 Å². The number of non-ortho nitro benzene ring substituents is 1. The number of benzene rings is 1. The van der Waals surface area contributed by atoms with Gasteiger partial charge in [0, 0.05) is 17.8 Å². The summed E-state index contributed by atoms with van der Waals surface area (Å²) >= 11 is 0. The molecule has 6 nitrogen and oxygen atoms in total. The molecule has 2 rings (SSSR count). The second-order valence-electron chi connectivity index (χ2n) is 4.55. The first-order valence-corrected chi connectivity index (χ1v) is 6.32. The highest BCUT2D eigenvalue weighted by Crippen LogP contribution is 2.25. The number of hydrogen-bond acceptors (Lipinski definition) is 5. The number of pyridine rings is 1. The van der Waals surface area contributed by atoms with E-state index >= 15 is 0 Å². The Morgan fingerprint density at radius 3 is 2.71 bits per heavy atom. The van der Waals surface area contributed by atoms with Crippen LogP contribution in [0.2, 0.25) is 0 Å². The summed E-state index contributed by atoms with van der Waals surface area (Å²) in [5, 5.41) is 10.7. The van der Waals surface area contributed by atoms with E-state index in [1.54, 1.807) is 0 Å². The Kier molecular flexibility index (Phi) is 4.27. The molecule has 0 saturated carbocycles. The number of carbonyl (C=O) groups excluding carboxylic acids is 1. The van der Waals surface area contributed by atoms with Gasteiger partial charge in [-0.2, -0.15) is 0 Å². The summed E-state index contributed by atoms with van der Waals surface area (Å²) < 4.78 is 5.57. The van der Waals surface area contributed by atoms with E-state index in [0.717, 1.165) is 11.4 Å². The van der Waals surface area contributed by atoms with Crippen LogP contribution in [0.4, 0.5) is 5.69 Å². The van der Waals surface area contributed by atoms with E-state index < -0.39 is 4.92 Å². The lowest BCUT2D eigenvalue weighted by molar-refractivity contribution is -0.384. The summed E-state index contributed by atoms with van der Waals surface area (Å²) in [5.74, 6) is 0.0299. The zero-order valence-corrected chi connectivity index (χ0v) is 11.7. The van der Waals surface area contributed by atoms with E-state index in [1.807, 2.05) is 25.1 Å². The topological polar surface area (TPSA) is 82.3 Å². The molecule has 0 fully saturated rings. The van der Waals surface area contributed by atoms with Crippen LogP contribution in [0.15, 0.2) is 36.4 Å². The van der Waals surface area contributed by atoms with Gasteiger partial charge in [-0.05, 0) is 32.0 Å². The fourth-order valence-corrected chi connectivity index (χ4v) is 1.86. The molecule has 0 unspecified atom stereocenters. The Morgan fingerprint density at radius 2 is 2.10 bits per heavy atom. The van der Waals surface area contributed by atoms with Crippen molar-refractivity contribution < 1.29 is 14.5 Å². The first-order valence-electron chi connectivity index (χ1n) is 6.32. The number of aromatic nitrogens is 1. The molecule has 0 saturated heterocycles. The van der Waals surface area contributed by atoms with Crippen molar-refractivity contribution in [2.45, 2.75) is 20.5 Å². The molecular formula is C15H14N2O4. The summed E-state index contributed by atoms with van der Waals surface area (Å²) in [6.07, 6.45) is 0. The molecule has 1 aromatic carbocycles. The molecule has 0 aliphatic rings. The van der Waals surface area contributed by atoms with Crippen LogP contribution in [0, 0.1) is 17.0 Å². The average molecular weight is 286 g/mol. The number of rotatable bonds is 5. The molecule has 0 N–H and O–H groups in total. The minimum Gasteiger partial charge on any atom is -0.487 e. The number of carbonyl (C=O) groups is 1. The fraction of sp³-hybridized carbons (Fsp3) is 0.200. The molecule has 2 aromatic rings. The smallest absolute Gasteiger partial charge is 0.270 e. The first kappa shape index (κ1) is 14.6. The highest BCUT2D eigenvalue weighted by Gasteiger charge is 2.15. The summed E-state index contributed by atoms with van der Waals surface area (Å²) in [6.45, 7) is 3.41. The van der Waals surface area contributed by atoms with Gasteiger partial charge in [0.1, 0.15) is 12.4 Å². The predicted molar refractivity (Wildman–Crippen MR) is 76.4 cm³/mol. The Bertz CT molecular complexity index is 698. The fourth-order valence-electron chi connectivity index (χ4n) is 1.86. The third kappa shape index (κ3) is 3.62. The molecule has 0 aliphatic carbocycles. The molecule has 0 spiro atoms. The highest BCUT2D eigenvalue weighted by molar-refractivity contribution is 5.97. The molecule has 1 heterocycles. The van der Waals surface area contributed by atoms with Crippen LogP contribution in [-0.2, 0) is 6.61 Å². The average Bonchev–Trinajstić information content (AvgIpc) is 2.44. The summed E-state index contributed by atoms with van der Waals surface area (Å²) in [4.78, 5) is 26.1. The maximum absolute atomic E-state index is 11.6. The number of ether oxygens (including phenoxy) is 1. The Hall–Kier alpha value is -2.76. The van der Waals surface area contributed by atoms with Crippen LogP contribution < -0.4 is 4.74 Å². The molecule has 1 aromatic heterocycles. The Morgan fingerprint density at radius 1 is 1.33 bits per heavy atom. The zero-order chi connectivity index (χ0) is 15.4. The standard InChI is InChI=1S/C15H14N2O4/c1-10-4-3-5-12(16-10)9-21-15-7-6-13(17(19)20)8-14(15)11(2)18/h3-8H,9H2,1-2H3. The van der Waals surface area contributed by atoms with Gasteiger partial charge in [0.2, 0.25) is 0 Å². The van der Waals surface area contributed by atoms with Crippen LogP contribution in [-0.4, -0.2) is 15.7 Å². The first-order chi connectivity index (χ1) is 9.97. The van der Waals surface area contributed by atoms with Crippen LogP contribution in [0.25, 0.3) is 0 Å². The minimum absolute atomic E-state index is 0.138. The SMILES string of the molecule is CC(=O)c1cc([N+](=O)[O-])ccc1OCc1cccc(C)n1. The van der Waals surface area contributed by atoms with E-state index in [2.05, 4.69) is 4.98 Å². The largest absolute Gasteiger partial charge is 0.487 e. The van der Waals surface area contributed by atoms with E-state index in [4.69, 9.17) is 4.74 Å². The van der Waals surface area contributed by atoms with Crippen LogP contribution in [0.1, 0.15) is 28.7 Å². The van der Waals surface area contributed by atoms with Crippen molar-refractivity contribution >= 4 is 11.5 Å². The highest BCUT2D eigenvalue weighted by atomic mass is 16.6. The van der Waals surface area contributed by atoms with Gasteiger partial charge < -0.3 is 4.74 Å². The molecule has 0 aliphatic heterocycles. The quantitative estimate of drug-likeness (QED) is 0.479. The third-order valence-corrected chi connectivity index (χ3v) is 2.87. The number of aryl methyl sites for hydroxylation is 1. The molecular weight excluding hydrogens is 272 g/mol. The van der Waals surface area contributed by atoms with Crippen LogP contribution in [0.5, 0.6) is 5.75 Å². The van der Waals surface area contributed by atoms with Crippen molar-refractivity contribution in [3.05, 3.63) is 63.5 Å². The number of nitrogens with zero attached hydrogens (tertiary/aromatic N) is 2. The third-order valence-electron chi connectivity index (χ3n) is 2.87. The second kappa shape index (κ2) is 6.13. The van der Waals surface area contributed by atoms with E-state index in [9.17, 15) is 14.9 Å². The number of hydrogen-bond donors (Lipinski definition) is 0. The van der Waals surface area contributed by atoms with Crippen molar-refractivity contribution in [1.29, 1.82) is 0 Å². The normalized spacial score (nSPS) is 10.2. The summed E-state index contributed by atoms with van der Waals surface area (Å²) in [6, 6.07) is 9.52. The molecule has 21 heavy (non-hydrogen) atoms. The number of Topliss-reactive ketones (excluding diaryl/α,β-unsaturated/α-hetero) is 1. The van der Waals surface area contributed by atoms with Gasteiger partial charge in [-0.3, -0.25) is 19.9 Å². The van der Waals surface area contributed by atoms with E-state index in [1.165, 1.54) is 25.1 Å². The summed E-state index contributed by atoms with van der Waals surface area (Å²) in [7, 11) is 0. The van der Waals surface area contributed by atoms with Crippen LogP contribution in [0.3, 0.4) is 0 Å². The molecule has 6 heteroatoms. The van der Waals surface area contributed by atoms with Gasteiger partial charge >= 0.3 is 0 Å². The number of nitro groups is 1. The monoisotopic (exact) mass is 286 g/mol. The van der Waals surface area contributed by atoms with Crippen LogP contribution >= 0.6 is 0 Å². The van der Waals surface area contributed by atoms with Gasteiger partial charge in [0.15, 0.2) is 5.78 Å². The number of ketones is 1. The zero-order valence-electron chi connectivity index (χ0n) is 11.7. The van der Waals surface area contributed by atoms with Crippen molar-refractivity contribution in [3.8, 4) is 5.75 Å². The number of nitro benzene ring substituents is 1. The van der Waals surface area contributed by atoms with Gasteiger partial charge in [-0.15, -0.1) is 0 Å². The lowest BCUT2D eigenvalue weighted by Crippen LogP contribution is -2.04. The molecule has 0 bridgehead atoms. The lowest BCUT2D eigenvalue weighted by Gasteiger charge is -2.09. The molecule has 0 radical (unpaired) electrons. The van der Waals surface area contributed by atoms with Gasteiger partial charge in [0.25, 0.3) is 5.69 Å².